The van der Waals surface area contributed by atoms with Crippen molar-refractivity contribution in [3.8, 4) is 0 Å². The zero-order chi connectivity index (χ0) is 9.53. The summed E-state index contributed by atoms with van der Waals surface area (Å²) in [5, 5.41) is 12.1. The summed E-state index contributed by atoms with van der Waals surface area (Å²) in [6, 6.07) is 0. The van der Waals surface area contributed by atoms with E-state index in [9.17, 15) is 4.79 Å². The highest BCUT2D eigenvalue weighted by atomic mass is 16.4. The van der Waals surface area contributed by atoms with Crippen LogP contribution in [0.2, 0.25) is 0 Å². The first-order valence-corrected chi connectivity index (χ1v) is 4.79. The predicted octanol–water partition coefficient (Wildman–Crippen LogP) is -0.0679. The van der Waals surface area contributed by atoms with E-state index in [-0.39, 0.29) is 5.41 Å². The molecule has 1 heterocycles. The van der Waals surface area contributed by atoms with Crippen LogP contribution in [0.15, 0.2) is 0 Å². The van der Waals surface area contributed by atoms with E-state index in [1.807, 2.05) is 0 Å². The average Bonchev–Trinajstić information content (AvgIpc) is 2.03. The summed E-state index contributed by atoms with van der Waals surface area (Å²) in [4.78, 5) is 10.8. The summed E-state index contributed by atoms with van der Waals surface area (Å²) in [6.45, 7) is 2.02. The number of nitrogens with one attached hydrogen (secondary N) is 1. The second-order valence-corrected chi connectivity index (χ2v) is 4.56. The van der Waals surface area contributed by atoms with Gasteiger partial charge < -0.3 is 16.2 Å². The van der Waals surface area contributed by atoms with Crippen molar-refractivity contribution in [3.05, 3.63) is 0 Å². The van der Waals surface area contributed by atoms with Crippen molar-refractivity contribution < 1.29 is 9.90 Å². The van der Waals surface area contributed by atoms with Gasteiger partial charge in [0.15, 0.2) is 0 Å². The largest absolute Gasteiger partial charge is 0.480 e. The van der Waals surface area contributed by atoms with E-state index in [1.165, 1.54) is 0 Å². The third-order valence-corrected chi connectivity index (χ3v) is 3.47. The van der Waals surface area contributed by atoms with Crippen molar-refractivity contribution in [3.63, 3.8) is 0 Å². The Kier molecular flexibility index (Phi) is 1.85. The first-order valence-electron chi connectivity index (χ1n) is 4.79. The van der Waals surface area contributed by atoms with Gasteiger partial charge in [0.25, 0.3) is 0 Å². The van der Waals surface area contributed by atoms with E-state index < -0.39 is 11.5 Å². The topological polar surface area (TPSA) is 75.4 Å². The maximum absolute atomic E-state index is 10.8. The second kappa shape index (κ2) is 2.69. The average molecular weight is 184 g/mol. The van der Waals surface area contributed by atoms with Crippen LogP contribution < -0.4 is 11.1 Å². The smallest absolute Gasteiger partial charge is 0.323 e. The molecule has 4 N–H and O–H groups in total. The molecule has 2 fully saturated rings. The molecule has 0 bridgehead atoms. The van der Waals surface area contributed by atoms with Crippen molar-refractivity contribution in [2.45, 2.75) is 31.2 Å². The third kappa shape index (κ3) is 1.34. The highest BCUT2D eigenvalue weighted by Crippen LogP contribution is 2.52. The van der Waals surface area contributed by atoms with Crippen LogP contribution in [0.25, 0.3) is 0 Å². The van der Waals surface area contributed by atoms with Crippen LogP contribution >= 0.6 is 0 Å². The summed E-state index contributed by atoms with van der Waals surface area (Å²) in [7, 11) is 0. The lowest BCUT2D eigenvalue weighted by atomic mass is 9.54. The van der Waals surface area contributed by atoms with Crippen LogP contribution in [0, 0.1) is 5.41 Å². The van der Waals surface area contributed by atoms with Crippen molar-refractivity contribution in [1.29, 1.82) is 0 Å². The Balaban J connectivity index is 1.98. The Bertz CT molecular complexity index is 226. The Morgan fingerprint density at radius 1 is 1.31 bits per heavy atom. The van der Waals surface area contributed by atoms with Crippen LogP contribution in [-0.4, -0.2) is 29.7 Å². The number of carboxylic acid groups (broad SMARTS) is 1. The lowest BCUT2D eigenvalue weighted by molar-refractivity contribution is -0.154. The van der Waals surface area contributed by atoms with E-state index in [0.29, 0.717) is 12.8 Å². The van der Waals surface area contributed by atoms with Gasteiger partial charge in [-0.25, -0.2) is 0 Å². The SMILES string of the molecule is NC1(C(=O)O)CC2(CCNCC2)C1. The minimum Gasteiger partial charge on any atom is -0.480 e. The Labute approximate surface area is 77.5 Å². The number of hydrogen-bond acceptors (Lipinski definition) is 3. The van der Waals surface area contributed by atoms with Gasteiger partial charge in [-0.05, 0) is 44.2 Å². The first kappa shape index (κ1) is 8.97. The van der Waals surface area contributed by atoms with E-state index in [0.717, 1.165) is 25.9 Å². The van der Waals surface area contributed by atoms with Crippen LogP contribution in [0.5, 0.6) is 0 Å². The summed E-state index contributed by atoms with van der Waals surface area (Å²) >= 11 is 0. The number of hydrogen-bond donors (Lipinski definition) is 3. The predicted molar refractivity (Wildman–Crippen MR) is 48.3 cm³/mol. The maximum atomic E-state index is 10.8. The van der Waals surface area contributed by atoms with Crippen molar-refractivity contribution in [2.24, 2.45) is 11.1 Å². The lowest BCUT2D eigenvalue weighted by Gasteiger charge is -2.54. The zero-order valence-corrected chi connectivity index (χ0v) is 7.68. The van der Waals surface area contributed by atoms with Gasteiger partial charge in [0.1, 0.15) is 5.54 Å². The fraction of sp³-hybridized carbons (Fsp3) is 0.889. The van der Waals surface area contributed by atoms with Crippen LogP contribution in [0.4, 0.5) is 0 Å². The maximum Gasteiger partial charge on any atom is 0.323 e. The second-order valence-electron chi connectivity index (χ2n) is 4.56. The number of piperidine rings is 1. The molecule has 1 saturated heterocycles. The normalized spacial score (nSPS) is 29.6. The van der Waals surface area contributed by atoms with Crippen LogP contribution in [0.1, 0.15) is 25.7 Å². The number of aliphatic carboxylic acids is 1. The van der Waals surface area contributed by atoms with Gasteiger partial charge >= 0.3 is 5.97 Å². The number of carboxylic acids is 1. The van der Waals surface area contributed by atoms with Gasteiger partial charge in [-0.3, -0.25) is 4.79 Å². The zero-order valence-electron chi connectivity index (χ0n) is 7.68. The number of carbonyl (C=O) groups is 1. The molecule has 13 heavy (non-hydrogen) atoms. The molecule has 0 aromatic rings. The molecule has 0 aromatic heterocycles. The molecule has 0 unspecified atom stereocenters. The van der Waals surface area contributed by atoms with Crippen LogP contribution in [-0.2, 0) is 4.79 Å². The van der Waals surface area contributed by atoms with E-state index >= 15 is 0 Å². The summed E-state index contributed by atoms with van der Waals surface area (Å²) < 4.78 is 0. The van der Waals surface area contributed by atoms with Crippen molar-refractivity contribution in [2.75, 3.05) is 13.1 Å². The molecule has 0 atom stereocenters. The van der Waals surface area contributed by atoms with Gasteiger partial charge in [0.2, 0.25) is 0 Å². The highest BCUT2D eigenvalue weighted by molar-refractivity contribution is 5.80. The quantitative estimate of drug-likeness (QED) is 0.533. The molecular formula is C9H16N2O2. The lowest BCUT2D eigenvalue weighted by Crippen LogP contribution is -2.64. The molecule has 4 heteroatoms. The van der Waals surface area contributed by atoms with Crippen molar-refractivity contribution in [1.82, 2.24) is 5.32 Å². The summed E-state index contributed by atoms with van der Waals surface area (Å²) in [5.41, 5.74) is 5.06. The molecule has 1 aliphatic heterocycles. The molecule has 0 radical (unpaired) electrons. The molecule has 0 aromatic carbocycles. The summed E-state index contributed by atoms with van der Waals surface area (Å²) in [5.74, 6) is -0.836. The van der Waals surface area contributed by atoms with E-state index in [4.69, 9.17) is 10.8 Å². The molecule has 1 aliphatic carbocycles. The molecule has 0 amide bonds. The Hall–Kier alpha value is -0.610. The monoisotopic (exact) mass is 184 g/mol. The standard InChI is InChI=1S/C9H16N2O2/c10-9(7(12)13)5-8(6-9)1-3-11-4-2-8/h11H,1-6,10H2,(H,12,13). The third-order valence-electron chi connectivity index (χ3n) is 3.47. The fourth-order valence-corrected chi connectivity index (χ4v) is 2.75. The molecule has 74 valence electrons. The number of nitrogens with two attached hydrogens (primary N) is 1. The fourth-order valence-electron chi connectivity index (χ4n) is 2.75. The molecule has 1 saturated carbocycles. The van der Waals surface area contributed by atoms with Gasteiger partial charge in [-0.2, -0.15) is 0 Å². The molecule has 2 aliphatic rings. The Morgan fingerprint density at radius 2 is 1.85 bits per heavy atom. The highest BCUT2D eigenvalue weighted by Gasteiger charge is 2.56. The minimum absolute atomic E-state index is 0.248. The van der Waals surface area contributed by atoms with Crippen molar-refractivity contribution >= 4 is 5.97 Å². The van der Waals surface area contributed by atoms with E-state index in [2.05, 4.69) is 5.32 Å². The molecule has 4 nitrogen and oxygen atoms in total. The molecule has 2 rings (SSSR count). The van der Waals surface area contributed by atoms with Crippen LogP contribution in [0.3, 0.4) is 0 Å². The van der Waals surface area contributed by atoms with E-state index in [1.54, 1.807) is 0 Å². The summed E-state index contributed by atoms with van der Waals surface area (Å²) in [6.07, 6.45) is 3.49. The van der Waals surface area contributed by atoms with Gasteiger partial charge in [0, 0.05) is 0 Å². The van der Waals surface area contributed by atoms with Gasteiger partial charge in [-0.15, -0.1) is 0 Å². The van der Waals surface area contributed by atoms with Gasteiger partial charge in [-0.1, -0.05) is 0 Å². The molecular weight excluding hydrogens is 168 g/mol. The van der Waals surface area contributed by atoms with Gasteiger partial charge in [0.05, 0.1) is 0 Å². The Morgan fingerprint density at radius 3 is 2.31 bits per heavy atom. The first-order chi connectivity index (χ1) is 6.06. The number of rotatable bonds is 1. The molecule has 1 spiro atoms. The minimum atomic E-state index is -0.919.